The number of hydrogen-bond acceptors (Lipinski definition) is 3. The molecule has 2 aromatic rings. The maximum Gasteiger partial charge on any atom is 0.309 e. The fourth-order valence-corrected chi connectivity index (χ4v) is 3.21. The highest BCUT2D eigenvalue weighted by atomic mass is 35.5. The summed E-state index contributed by atoms with van der Waals surface area (Å²) in [6.07, 6.45) is 0.684. The molecule has 0 aliphatic carbocycles. The van der Waals surface area contributed by atoms with Gasteiger partial charge in [-0.1, -0.05) is 49.2 Å². The van der Waals surface area contributed by atoms with Gasteiger partial charge in [-0.25, -0.2) is 0 Å². The molecule has 3 nitrogen and oxygen atoms in total. The van der Waals surface area contributed by atoms with Crippen molar-refractivity contribution < 1.29 is 14.6 Å². The van der Waals surface area contributed by atoms with Crippen molar-refractivity contribution in [3.8, 4) is 5.75 Å². The Balaban J connectivity index is 2.30. The van der Waals surface area contributed by atoms with Gasteiger partial charge >= 0.3 is 5.97 Å². The first-order valence-corrected chi connectivity index (χ1v) is 8.42. The van der Waals surface area contributed by atoms with E-state index in [1.54, 1.807) is 18.2 Å². The van der Waals surface area contributed by atoms with Crippen molar-refractivity contribution in [2.75, 3.05) is 7.11 Å². The summed E-state index contributed by atoms with van der Waals surface area (Å²) in [4.78, 5) is 11.4. The molecule has 0 aromatic heterocycles. The van der Waals surface area contributed by atoms with Crippen LogP contribution in [-0.4, -0.2) is 18.2 Å². The molecule has 2 rings (SSSR count). The van der Waals surface area contributed by atoms with Crippen LogP contribution in [0.5, 0.6) is 5.75 Å². The summed E-state index contributed by atoms with van der Waals surface area (Å²) in [7, 11) is 1.34. The molecule has 0 radical (unpaired) electrons. The van der Waals surface area contributed by atoms with E-state index in [9.17, 15) is 9.90 Å². The molecule has 0 fully saturated rings. The second-order valence-electron chi connectivity index (χ2n) is 6.02. The molecule has 128 valence electrons. The third kappa shape index (κ3) is 4.43. The van der Waals surface area contributed by atoms with Gasteiger partial charge in [-0.3, -0.25) is 4.79 Å². The predicted molar refractivity (Wildman–Crippen MR) is 97.2 cm³/mol. The molecule has 2 aromatic carbocycles. The fraction of sp³-hybridized carbons (Fsp3) is 0.316. The highest BCUT2D eigenvalue weighted by Gasteiger charge is 2.13. The van der Waals surface area contributed by atoms with Gasteiger partial charge in [-0.15, -0.1) is 0 Å². The number of methoxy groups -OCH3 is 1. The normalized spacial score (nSPS) is 10.9. The second-order valence-corrected chi connectivity index (χ2v) is 6.83. The van der Waals surface area contributed by atoms with E-state index in [1.807, 2.05) is 26.0 Å². The number of ether oxygens (including phenoxy) is 1. The maximum atomic E-state index is 11.4. The summed E-state index contributed by atoms with van der Waals surface area (Å²) in [5.74, 6) is 0.174. The van der Waals surface area contributed by atoms with E-state index in [0.717, 1.165) is 16.7 Å². The van der Waals surface area contributed by atoms with Crippen LogP contribution in [0.1, 0.15) is 42.0 Å². The lowest BCUT2D eigenvalue weighted by atomic mass is 9.96. The highest BCUT2D eigenvalue weighted by Crippen LogP contribution is 2.32. The first-order chi connectivity index (χ1) is 11.3. The van der Waals surface area contributed by atoms with E-state index in [-0.39, 0.29) is 18.3 Å². The number of rotatable bonds is 5. The van der Waals surface area contributed by atoms with Gasteiger partial charge in [0.05, 0.1) is 13.5 Å². The van der Waals surface area contributed by atoms with E-state index in [0.29, 0.717) is 27.8 Å². The summed E-state index contributed by atoms with van der Waals surface area (Å²) < 4.78 is 4.66. The number of esters is 1. The molecule has 0 saturated heterocycles. The topological polar surface area (TPSA) is 46.5 Å². The lowest BCUT2D eigenvalue weighted by Gasteiger charge is -2.13. The monoisotopic (exact) mass is 366 g/mol. The zero-order chi connectivity index (χ0) is 17.9. The standard InChI is InChI=1S/C19H20Cl2O3/c1-11(2)14-6-12(4-5-18(14)22)7-15-16(20)8-13(9-17(15)21)10-19(23)24-3/h4-6,8-9,11,22H,7,10H2,1-3H3. The molecule has 0 amide bonds. The summed E-state index contributed by atoms with van der Waals surface area (Å²) in [5, 5.41) is 11.0. The Kier molecular flexibility index (Phi) is 6.14. The SMILES string of the molecule is COC(=O)Cc1cc(Cl)c(Cc2ccc(O)c(C(C)C)c2)c(Cl)c1. The van der Waals surface area contributed by atoms with Crippen molar-refractivity contribution in [2.45, 2.75) is 32.6 Å². The first-order valence-electron chi connectivity index (χ1n) is 7.67. The van der Waals surface area contributed by atoms with Crippen molar-refractivity contribution in [2.24, 2.45) is 0 Å². The van der Waals surface area contributed by atoms with Gasteiger partial charge in [0.1, 0.15) is 5.75 Å². The fourth-order valence-electron chi connectivity index (χ4n) is 2.55. The van der Waals surface area contributed by atoms with Crippen molar-refractivity contribution >= 4 is 29.2 Å². The smallest absolute Gasteiger partial charge is 0.309 e. The van der Waals surface area contributed by atoms with Crippen LogP contribution in [0, 0.1) is 0 Å². The number of carbonyl (C=O) groups excluding carboxylic acids is 1. The Hall–Kier alpha value is -1.71. The zero-order valence-electron chi connectivity index (χ0n) is 13.9. The van der Waals surface area contributed by atoms with Crippen LogP contribution >= 0.6 is 23.2 Å². The average molecular weight is 367 g/mol. The van der Waals surface area contributed by atoms with Crippen LogP contribution < -0.4 is 0 Å². The number of halogens is 2. The zero-order valence-corrected chi connectivity index (χ0v) is 15.4. The average Bonchev–Trinajstić information content (AvgIpc) is 2.52. The summed E-state index contributed by atoms with van der Waals surface area (Å²) in [5.41, 5.74) is 3.42. The maximum absolute atomic E-state index is 11.4. The minimum atomic E-state index is -0.338. The third-order valence-corrected chi connectivity index (χ3v) is 4.55. The van der Waals surface area contributed by atoms with Crippen molar-refractivity contribution in [1.82, 2.24) is 0 Å². The van der Waals surface area contributed by atoms with Gasteiger partial charge in [0.15, 0.2) is 0 Å². The Bertz CT molecular complexity index is 731. The van der Waals surface area contributed by atoms with Gasteiger partial charge < -0.3 is 9.84 Å². The number of carbonyl (C=O) groups is 1. The van der Waals surface area contributed by atoms with E-state index in [4.69, 9.17) is 23.2 Å². The number of phenols is 1. The molecule has 1 N–H and O–H groups in total. The molecular formula is C19H20Cl2O3. The van der Waals surface area contributed by atoms with Crippen molar-refractivity contribution in [3.63, 3.8) is 0 Å². The molecule has 0 saturated carbocycles. The molecule has 0 atom stereocenters. The van der Waals surface area contributed by atoms with Gasteiger partial charge in [0.25, 0.3) is 0 Å². The third-order valence-electron chi connectivity index (χ3n) is 3.87. The molecule has 0 unspecified atom stereocenters. The molecule has 0 spiro atoms. The quantitative estimate of drug-likeness (QED) is 0.746. The van der Waals surface area contributed by atoms with Gasteiger partial charge in [-0.2, -0.15) is 0 Å². The Morgan fingerprint density at radius 2 is 1.75 bits per heavy atom. The number of aromatic hydroxyl groups is 1. The first kappa shape index (κ1) is 18.6. The molecule has 0 bridgehead atoms. The molecule has 0 aliphatic rings. The minimum Gasteiger partial charge on any atom is -0.508 e. The highest BCUT2D eigenvalue weighted by molar-refractivity contribution is 6.36. The number of benzene rings is 2. The number of hydrogen-bond donors (Lipinski definition) is 1. The second kappa shape index (κ2) is 7.91. The van der Waals surface area contributed by atoms with Crippen molar-refractivity contribution in [3.05, 3.63) is 62.6 Å². The summed E-state index contributed by atoms with van der Waals surface area (Å²) >= 11 is 12.7. The Morgan fingerprint density at radius 1 is 1.12 bits per heavy atom. The summed E-state index contributed by atoms with van der Waals surface area (Å²) in [6.45, 7) is 4.06. The molecule has 5 heteroatoms. The molecular weight excluding hydrogens is 347 g/mol. The lowest BCUT2D eigenvalue weighted by Crippen LogP contribution is -2.05. The van der Waals surface area contributed by atoms with Gasteiger partial charge in [0, 0.05) is 16.5 Å². The van der Waals surface area contributed by atoms with E-state index >= 15 is 0 Å². The number of phenolic OH excluding ortho intramolecular Hbond substituents is 1. The lowest BCUT2D eigenvalue weighted by molar-refractivity contribution is -0.139. The van der Waals surface area contributed by atoms with Crippen LogP contribution in [0.2, 0.25) is 10.0 Å². The van der Waals surface area contributed by atoms with Crippen LogP contribution in [0.25, 0.3) is 0 Å². The molecule has 0 heterocycles. The van der Waals surface area contributed by atoms with Gasteiger partial charge in [0.2, 0.25) is 0 Å². The van der Waals surface area contributed by atoms with E-state index < -0.39 is 0 Å². The van der Waals surface area contributed by atoms with E-state index in [1.165, 1.54) is 7.11 Å². The van der Waals surface area contributed by atoms with Crippen LogP contribution in [0.3, 0.4) is 0 Å². The minimum absolute atomic E-state index is 0.132. The van der Waals surface area contributed by atoms with Gasteiger partial charge in [-0.05, 0) is 46.4 Å². The van der Waals surface area contributed by atoms with Crippen LogP contribution in [0.4, 0.5) is 0 Å². The summed E-state index contributed by atoms with van der Waals surface area (Å²) in [6, 6.07) is 9.00. The van der Waals surface area contributed by atoms with Crippen LogP contribution in [-0.2, 0) is 22.4 Å². The van der Waals surface area contributed by atoms with E-state index in [2.05, 4.69) is 4.74 Å². The molecule has 24 heavy (non-hydrogen) atoms. The Labute approximate surface area is 152 Å². The van der Waals surface area contributed by atoms with Crippen molar-refractivity contribution in [1.29, 1.82) is 0 Å². The Morgan fingerprint density at radius 3 is 2.29 bits per heavy atom. The largest absolute Gasteiger partial charge is 0.508 e. The molecule has 0 aliphatic heterocycles. The predicted octanol–water partition coefficient (Wildman–Crippen LogP) is 5.13. The van der Waals surface area contributed by atoms with Crippen LogP contribution in [0.15, 0.2) is 30.3 Å².